The zero-order valence-corrected chi connectivity index (χ0v) is 11.9. The van der Waals surface area contributed by atoms with Crippen molar-refractivity contribution in [3.05, 3.63) is 11.9 Å². The van der Waals surface area contributed by atoms with Crippen LogP contribution < -0.4 is 5.32 Å². The molecular formula is C14H26N4. The molecule has 2 rings (SSSR count). The monoisotopic (exact) mass is 250 g/mol. The Kier molecular flexibility index (Phi) is 4.75. The quantitative estimate of drug-likeness (QED) is 0.841. The minimum atomic E-state index is 0.576. The third-order valence-electron chi connectivity index (χ3n) is 4.04. The SMILES string of the molecule is CCCNC(Cc1cn(C)nn1)C1CCC(C)C1. The summed E-state index contributed by atoms with van der Waals surface area (Å²) >= 11 is 0. The van der Waals surface area contributed by atoms with Crippen LogP contribution in [0.1, 0.15) is 45.2 Å². The van der Waals surface area contributed by atoms with Crippen LogP contribution in [0, 0.1) is 11.8 Å². The summed E-state index contributed by atoms with van der Waals surface area (Å²) < 4.78 is 1.80. The van der Waals surface area contributed by atoms with Gasteiger partial charge in [0.2, 0.25) is 0 Å². The highest BCUT2D eigenvalue weighted by Crippen LogP contribution is 2.33. The van der Waals surface area contributed by atoms with Crippen molar-refractivity contribution in [2.24, 2.45) is 18.9 Å². The topological polar surface area (TPSA) is 42.7 Å². The minimum absolute atomic E-state index is 0.576. The average Bonchev–Trinajstić information content (AvgIpc) is 2.93. The van der Waals surface area contributed by atoms with Gasteiger partial charge in [-0.1, -0.05) is 25.5 Å². The molecule has 0 aromatic carbocycles. The smallest absolute Gasteiger partial charge is 0.0842 e. The van der Waals surface area contributed by atoms with Gasteiger partial charge in [-0.25, -0.2) is 0 Å². The molecule has 0 radical (unpaired) electrons. The van der Waals surface area contributed by atoms with Crippen LogP contribution >= 0.6 is 0 Å². The van der Waals surface area contributed by atoms with E-state index < -0.39 is 0 Å². The molecule has 1 fully saturated rings. The molecule has 0 bridgehead atoms. The van der Waals surface area contributed by atoms with Crippen molar-refractivity contribution in [1.29, 1.82) is 0 Å². The Bertz CT molecular complexity index is 360. The lowest BCUT2D eigenvalue weighted by atomic mass is 9.93. The molecule has 18 heavy (non-hydrogen) atoms. The van der Waals surface area contributed by atoms with Gasteiger partial charge >= 0.3 is 0 Å². The van der Waals surface area contributed by atoms with Crippen molar-refractivity contribution in [2.75, 3.05) is 6.54 Å². The van der Waals surface area contributed by atoms with E-state index in [0.29, 0.717) is 6.04 Å². The van der Waals surface area contributed by atoms with Crippen LogP contribution in [0.3, 0.4) is 0 Å². The standard InChI is InChI=1S/C14H26N4/c1-4-7-15-14(12-6-5-11(2)8-12)9-13-10-18(3)17-16-13/h10-12,14-15H,4-9H2,1-3H3. The van der Waals surface area contributed by atoms with Gasteiger partial charge in [-0.05, 0) is 37.6 Å². The Morgan fingerprint density at radius 3 is 2.89 bits per heavy atom. The number of aryl methyl sites for hydroxylation is 1. The second-order valence-corrected chi connectivity index (χ2v) is 5.83. The highest BCUT2D eigenvalue weighted by atomic mass is 15.4. The highest BCUT2D eigenvalue weighted by molar-refractivity contribution is 4.98. The van der Waals surface area contributed by atoms with E-state index in [1.807, 2.05) is 13.2 Å². The third kappa shape index (κ3) is 3.55. The first-order chi connectivity index (χ1) is 8.69. The summed E-state index contributed by atoms with van der Waals surface area (Å²) in [5, 5.41) is 12.0. The number of aromatic nitrogens is 3. The summed E-state index contributed by atoms with van der Waals surface area (Å²) in [6.45, 7) is 5.71. The molecule has 0 amide bonds. The maximum Gasteiger partial charge on any atom is 0.0842 e. The van der Waals surface area contributed by atoms with Gasteiger partial charge in [0.05, 0.1) is 5.69 Å². The van der Waals surface area contributed by atoms with E-state index >= 15 is 0 Å². The molecule has 3 unspecified atom stereocenters. The van der Waals surface area contributed by atoms with Crippen LogP contribution in [0.2, 0.25) is 0 Å². The van der Waals surface area contributed by atoms with Crippen molar-refractivity contribution in [1.82, 2.24) is 20.3 Å². The molecule has 1 aromatic rings. The molecule has 1 aromatic heterocycles. The van der Waals surface area contributed by atoms with E-state index in [-0.39, 0.29) is 0 Å². The summed E-state index contributed by atoms with van der Waals surface area (Å²) in [4.78, 5) is 0. The second kappa shape index (κ2) is 6.32. The van der Waals surface area contributed by atoms with Crippen molar-refractivity contribution in [3.8, 4) is 0 Å². The first kappa shape index (κ1) is 13.5. The first-order valence-corrected chi connectivity index (χ1v) is 7.27. The molecule has 0 aliphatic heterocycles. The third-order valence-corrected chi connectivity index (χ3v) is 4.04. The van der Waals surface area contributed by atoms with Gasteiger partial charge in [0, 0.05) is 25.7 Å². The van der Waals surface area contributed by atoms with E-state index in [0.717, 1.165) is 30.5 Å². The Hall–Kier alpha value is -0.900. The van der Waals surface area contributed by atoms with Gasteiger partial charge < -0.3 is 5.32 Å². The Morgan fingerprint density at radius 2 is 2.33 bits per heavy atom. The minimum Gasteiger partial charge on any atom is -0.313 e. The van der Waals surface area contributed by atoms with Crippen LogP contribution in [0.4, 0.5) is 0 Å². The van der Waals surface area contributed by atoms with Gasteiger partial charge in [0.15, 0.2) is 0 Å². The molecule has 1 aliphatic rings. The predicted molar refractivity (Wildman–Crippen MR) is 73.3 cm³/mol. The van der Waals surface area contributed by atoms with Crippen molar-refractivity contribution in [3.63, 3.8) is 0 Å². The molecule has 0 saturated heterocycles. The van der Waals surface area contributed by atoms with Crippen LogP contribution in [-0.2, 0) is 13.5 Å². The van der Waals surface area contributed by atoms with Gasteiger partial charge in [-0.2, -0.15) is 0 Å². The molecule has 1 heterocycles. The summed E-state index contributed by atoms with van der Waals surface area (Å²) in [6.07, 6.45) is 8.36. The lowest BCUT2D eigenvalue weighted by molar-refractivity contribution is 0.346. The van der Waals surface area contributed by atoms with E-state index in [2.05, 4.69) is 29.5 Å². The summed E-state index contributed by atoms with van der Waals surface area (Å²) in [5.74, 6) is 1.70. The molecular weight excluding hydrogens is 224 g/mol. The number of nitrogens with zero attached hydrogens (tertiary/aromatic N) is 3. The number of rotatable bonds is 6. The average molecular weight is 250 g/mol. The normalized spacial score (nSPS) is 25.5. The van der Waals surface area contributed by atoms with Gasteiger partial charge in [-0.15, -0.1) is 5.10 Å². The maximum atomic E-state index is 4.23. The zero-order valence-electron chi connectivity index (χ0n) is 11.9. The molecule has 0 spiro atoms. The second-order valence-electron chi connectivity index (χ2n) is 5.83. The van der Waals surface area contributed by atoms with Crippen LogP contribution in [0.5, 0.6) is 0 Å². The summed E-state index contributed by atoms with van der Waals surface area (Å²) in [5.41, 5.74) is 1.12. The fraction of sp³-hybridized carbons (Fsp3) is 0.857. The lowest BCUT2D eigenvalue weighted by Gasteiger charge is -2.24. The molecule has 4 nitrogen and oxygen atoms in total. The van der Waals surface area contributed by atoms with E-state index in [1.54, 1.807) is 4.68 Å². The van der Waals surface area contributed by atoms with Crippen molar-refractivity contribution < 1.29 is 0 Å². The van der Waals surface area contributed by atoms with Crippen LogP contribution in [-0.4, -0.2) is 27.6 Å². The van der Waals surface area contributed by atoms with Gasteiger partial charge in [0.25, 0.3) is 0 Å². The van der Waals surface area contributed by atoms with Crippen LogP contribution in [0.25, 0.3) is 0 Å². The van der Waals surface area contributed by atoms with Gasteiger partial charge in [-0.3, -0.25) is 4.68 Å². The predicted octanol–water partition coefficient (Wildman–Crippen LogP) is 2.16. The molecule has 1 saturated carbocycles. The highest BCUT2D eigenvalue weighted by Gasteiger charge is 2.28. The van der Waals surface area contributed by atoms with Crippen LogP contribution in [0.15, 0.2) is 6.20 Å². The van der Waals surface area contributed by atoms with E-state index in [4.69, 9.17) is 0 Å². The fourth-order valence-electron chi connectivity index (χ4n) is 3.07. The molecule has 1 N–H and O–H groups in total. The Morgan fingerprint density at radius 1 is 1.50 bits per heavy atom. The summed E-state index contributed by atoms with van der Waals surface area (Å²) in [6, 6.07) is 0.576. The summed E-state index contributed by atoms with van der Waals surface area (Å²) in [7, 11) is 1.93. The van der Waals surface area contributed by atoms with Crippen molar-refractivity contribution in [2.45, 2.75) is 52.0 Å². The largest absolute Gasteiger partial charge is 0.313 e. The molecule has 4 heteroatoms. The number of hydrogen-bond donors (Lipinski definition) is 1. The molecule has 1 aliphatic carbocycles. The maximum absolute atomic E-state index is 4.23. The van der Waals surface area contributed by atoms with Gasteiger partial charge in [0.1, 0.15) is 0 Å². The molecule has 3 atom stereocenters. The first-order valence-electron chi connectivity index (χ1n) is 7.27. The fourth-order valence-corrected chi connectivity index (χ4v) is 3.07. The zero-order chi connectivity index (χ0) is 13.0. The number of hydrogen-bond acceptors (Lipinski definition) is 3. The van der Waals surface area contributed by atoms with E-state index in [1.165, 1.54) is 25.7 Å². The molecule has 102 valence electrons. The van der Waals surface area contributed by atoms with Crippen molar-refractivity contribution >= 4 is 0 Å². The van der Waals surface area contributed by atoms with E-state index in [9.17, 15) is 0 Å². The Balaban J connectivity index is 1.96. The Labute approximate surface area is 110 Å². The lowest BCUT2D eigenvalue weighted by Crippen LogP contribution is -2.37. The number of nitrogens with one attached hydrogen (secondary N) is 1.